The number of anilines is 4. The molecule has 0 spiro atoms. The van der Waals surface area contributed by atoms with Crippen molar-refractivity contribution in [1.29, 1.82) is 0 Å². The second-order valence-electron chi connectivity index (χ2n) is 12.4. The molecule has 0 saturated carbocycles. The summed E-state index contributed by atoms with van der Waals surface area (Å²) < 4.78 is 0. The van der Waals surface area contributed by atoms with Gasteiger partial charge in [-0.05, 0) is 104 Å². The summed E-state index contributed by atoms with van der Waals surface area (Å²) in [5.41, 5.74) is 11.0. The van der Waals surface area contributed by atoms with Gasteiger partial charge in [-0.25, -0.2) is 0 Å². The van der Waals surface area contributed by atoms with Crippen LogP contribution in [0.25, 0.3) is 16.8 Å². The first-order valence-corrected chi connectivity index (χ1v) is 17.4. The van der Waals surface area contributed by atoms with Crippen LogP contribution in [0.15, 0.2) is 205 Å². The van der Waals surface area contributed by atoms with E-state index in [0.29, 0.717) is 0 Å². The molecule has 0 aliphatic heterocycles. The van der Waals surface area contributed by atoms with Crippen LogP contribution < -0.4 is 9.80 Å². The molecule has 2 nitrogen and oxygen atoms in total. The average Bonchev–Trinajstić information content (AvgIpc) is 3.51. The molecule has 0 fully saturated rings. The third kappa shape index (κ3) is 7.20. The van der Waals surface area contributed by atoms with Crippen LogP contribution in [0, 0.1) is 0 Å². The molecule has 0 atom stereocenters. The maximum absolute atomic E-state index is 2.43. The number of hydrogen-bond acceptors (Lipinski definition) is 2. The summed E-state index contributed by atoms with van der Waals surface area (Å²) >= 11 is 0. The summed E-state index contributed by atoms with van der Waals surface area (Å²) in [6.45, 7) is 2.09. The highest BCUT2D eigenvalue weighted by Gasteiger charge is 2.22. The fourth-order valence-electron chi connectivity index (χ4n) is 6.83. The minimum absolute atomic E-state index is 1.00. The van der Waals surface area contributed by atoms with Crippen molar-refractivity contribution in [3.05, 3.63) is 210 Å². The highest BCUT2D eigenvalue weighted by atomic mass is 15.2. The van der Waals surface area contributed by atoms with E-state index >= 15 is 0 Å². The van der Waals surface area contributed by atoms with E-state index in [9.17, 15) is 0 Å². The van der Waals surface area contributed by atoms with E-state index in [4.69, 9.17) is 0 Å². The molecule has 5 aromatic carbocycles. The van der Waals surface area contributed by atoms with Gasteiger partial charge in [0.05, 0.1) is 5.69 Å². The summed E-state index contributed by atoms with van der Waals surface area (Å²) in [6.07, 6.45) is 26.7. The van der Waals surface area contributed by atoms with Crippen LogP contribution in [-0.2, 0) is 0 Å². The first-order chi connectivity index (χ1) is 24.3. The molecule has 2 aliphatic rings. The van der Waals surface area contributed by atoms with Gasteiger partial charge in [0.15, 0.2) is 0 Å². The number of nitrogens with zero attached hydrogens (tertiary/aromatic N) is 2. The molecule has 7 rings (SSSR count). The normalized spacial score (nSPS) is 15.0. The molecule has 2 heteroatoms. The van der Waals surface area contributed by atoms with Crippen LogP contribution >= 0.6 is 0 Å². The Kier molecular flexibility index (Phi) is 9.95. The van der Waals surface area contributed by atoms with Crippen molar-refractivity contribution >= 4 is 39.6 Å². The Bertz CT molecular complexity index is 2100. The van der Waals surface area contributed by atoms with Gasteiger partial charge in [0.2, 0.25) is 0 Å². The number of allylic oxidation sites excluding steroid dienone is 10. The van der Waals surface area contributed by atoms with Gasteiger partial charge in [0.25, 0.3) is 0 Å². The van der Waals surface area contributed by atoms with Gasteiger partial charge in [-0.1, -0.05) is 139 Å². The highest BCUT2D eigenvalue weighted by molar-refractivity contribution is 5.98. The minimum atomic E-state index is 1.00. The van der Waals surface area contributed by atoms with E-state index in [1.165, 1.54) is 34.0 Å². The highest BCUT2D eigenvalue weighted by Crippen LogP contribution is 2.39. The zero-order valence-electron chi connectivity index (χ0n) is 28.1. The predicted octanol–water partition coefficient (Wildman–Crippen LogP) is 13.2. The van der Waals surface area contributed by atoms with E-state index in [2.05, 4.69) is 205 Å². The Balaban J connectivity index is 1.23. The molecule has 0 radical (unpaired) electrons. The molecule has 49 heavy (non-hydrogen) atoms. The van der Waals surface area contributed by atoms with Crippen LogP contribution in [0.4, 0.5) is 22.7 Å². The molecule has 0 saturated heterocycles. The molecule has 240 valence electrons. The monoisotopic (exact) mass is 634 g/mol. The van der Waals surface area contributed by atoms with Crippen molar-refractivity contribution < 1.29 is 0 Å². The second kappa shape index (κ2) is 15.4. The lowest BCUT2D eigenvalue weighted by atomic mass is 9.99. The lowest BCUT2D eigenvalue weighted by molar-refractivity contribution is 0.823. The van der Waals surface area contributed by atoms with Gasteiger partial charge in [0, 0.05) is 33.8 Å². The van der Waals surface area contributed by atoms with E-state index in [1.807, 2.05) is 0 Å². The molecule has 2 aliphatic carbocycles. The second-order valence-corrected chi connectivity index (χ2v) is 12.4. The summed E-state index contributed by atoms with van der Waals surface area (Å²) in [5.74, 6) is 0. The summed E-state index contributed by atoms with van der Waals surface area (Å²) in [7, 11) is 0. The first-order valence-electron chi connectivity index (χ1n) is 17.4. The molecule has 0 bridgehead atoms. The largest absolute Gasteiger partial charge is 0.310 e. The van der Waals surface area contributed by atoms with Gasteiger partial charge < -0.3 is 9.80 Å². The molecule has 0 aromatic heterocycles. The number of para-hydroxylation sites is 2. The minimum Gasteiger partial charge on any atom is -0.310 e. The van der Waals surface area contributed by atoms with Gasteiger partial charge in [0.1, 0.15) is 0 Å². The molecule has 0 heterocycles. The first kappa shape index (κ1) is 31.7. The maximum atomic E-state index is 2.43. The van der Waals surface area contributed by atoms with Crippen LogP contribution in [-0.4, -0.2) is 0 Å². The van der Waals surface area contributed by atoms with Crippen molar-refractivity contribution in [3.63, 3.8) is 0 Å². The maximum Gasteiger partial charge on any atom is 0.0540 e. The number of benzene rings is 5. The van der Waals surface area contributed by atoms with E-state index in [-0.39, 0.29) is 0 Å². The van der Waals surface area contributed by atoms with Crippen molar-refractivity contribution in [3.8, 4) is 0 Å². The van der Waals surface area contributed by atoms with E-state index in [0.717, 1.165) is 53.3 Å². The molecule has 0 N–H and O–H groups in total. The van der Waals surface area contributed by atoms with Gasteiger partial charge >= 0.3 is 0 Å². The van der Waals surface area contributed by atoms with Gasteiger partial charge in [-0.15, -0.1) is 0 Å². The molecular formula is C47H42N2. The number of hydrogen-bond donors (Lipinski definition) is 0. The fraction of sp³-hybridized carbons (Fsp3) is 0.106. The zero-order chi connectivity index (χ0) is 33.3. The quantitative estimate of drug-likeness (QED) is 0.149. The predicted molar refractivity (Wildman–Crippen MR) is 211 cm³/mol. The van der Waals surface area contributed by atoms with Crippen LogP contribution in [0.5, 0.6) is 0 Å². The Morgan fingerprint density at radius 1 is 0.694 bits per heavy atom. The van der Waals surface area contributed by atoms with Crippen molar-refractivity contribution in [2.75, 3.05) is 9.80 Å². The van der Waals surface area contributed by atoms with Crippen LogP contribution in [0.2, 0.25) is 0 Å². The molecule has 0 unspecified atom stereocenters. The standard InChI is InChI=1S/C47H42N2/c1-2-18-40(48(41-24-7-4-8-25-41)46-31-15-13-22-38-20-6-3-11-29-44(38)46)28-16-19-37-33-35-43(36-34-37)49(42-26-9-5-10-27-42)47-32-17-23-39-21-12-14-30-45(39)47/h2-12,14,16-19,21,23-36H,13,15,20,22H2,1H3/b18-2-,19-16+,40-28+. The average molecular weight is 635 g/mol. The Hall–Kier alpha value is -5.86. The lowest BCUT2D eigenvalue weighted by Crippen LogP contribution is -2.22. The third-order valence-corrected chi connectivity index (χ3v) is 9.13. The van der Waals surface area contributed by atoms with Crippen molar-refractivity contribution in [1.82, 2.24) is 0 Å². The van der Waals surface area contributed by atoms with Crippen LogP contribution in [0.1, 0.15) is 38.2 Å². The molecule has 5 aromatic rings. The summed E-state index contributed by atoms with van der Waals surface area (Å²) in [5, 5.41) is 2.46. The van der Waals surface area contributed by atoms with Crippen molar-refractivity contribution in [2.24, 2.45) is 0 Å². The Labute approximate surface area is 291 Å². The van der Waals surface area contributed by atoms with Gasteiger partial charge in [-0.3, -0.25) is 0 Å². The molecule has 0 amide bonds. The molecular weight excluding hydrogens is 593 g/mol. The fourth-order valence-corrected chi connectivity index (χ4v) is 6.83. The van der Waals surface area contributed by atoms with Gasteiger partial charge in [-0.2, -0.15) is 0 Å². The summed E-state index contributed by atoms with van der Waals surface area (Å²) in [4.78, 5) is 4.77. The van der Waals surface area contributed by atoms with Crippen LogP contribution in [0.3, 0.4) is 0 Å². The topological polar surface area (TPSA) is 6.48 Å². The number of fused-ring (bicyclic) bond motifs is 1. The number of rotatable bonds is 9. The Morgan fingerprint density at radius 2 is 1.41 bits per heavy atom. The lowest BCUT2D eigenvalue weighted by Gasteiger charge is -2.30. The van der Waals surface area contributed by atoms with E-state index < -0.39 is 0 Å². The van der Waals surface area contributed by atoms with E-state index in [1.54, 1.807) is 0 Å². The van der Waals surface area contributed by atoms with Crippen molar-refractivity contribution in [2.45, 2.75) is 32.6 Å². The smallest absolute Gasteiger partial charge is 0.0540 e. The third-order valence-electron chi connectivity index (χ3n) is 9.13. The zero-order valence-corrected chi connectivity index (χ0v) is 28.1. The SMILES string of the molecule is C\C=C/C(=C\C=C\c1ccc(N(c2ccccc2)c2cccc3ccccc23)cc1)N(C1=CCCCC2=C1C=CC=CC2)c1ccccc1. The summed E-state index contributed by atoms with van der Waals surface area (Å²) in [6, 6.07) is 45.4. The Morgan fingerprint density at radius 3 is 2.20 bits per heavy atom.